The Morgan fingerprint density at radius 3 is 2.79 bits per heavy atom. The Morgan fingerprint density at radius 2 is 2.14 bits per heavy atom. The van der Waals surface area contributed by atoms with Gasteiger partial charge in [0.1, 0.15) is 5.75 Å². The van der Waals surface area contributed by atoms with Crippen LogP contribution in [0.2, 0.25) is 0 Å². The van der Waals surface area contributed by atoms with E-state index in [-0.39, 0.29) is 5.75 Å². The fraction of sp³-hybridized carbons (Fsp3) is 0.100. The van der Waals surface area contributed by atoms with Crippen molar-refractivity contribution in [2.24, 2.45) is 0 Å². The van der Waals surface area contributed by atoms with Crippen molar-refractivity contribution in [1.82, 2.24) is 0 Å². The number of hydrogen-bond acceptors (Lipinski definition) is 3. The highest BCUT2D eigenvalue weighted by Gasteiger charge is 1.95. The molecule has 0 radical (unpaired) electrons. The normalized spacial score (nSPS) is 10.3. The molecule has 1 aromatic rings. The van der Waals surface area contributed by atoms with Crippen molar-refractivity contribution < 1.29 is 15.0 Å². The predicted molar refractivity (Wildman–Crippen MR) is 53.4 cm³/mol. The van der Waals surface area contributed by atoms with Crippen molar-refractivity contribution >= 4 is 11.7 Å². The summed E-state index contributed by atoms with van der Waals surface area (Å²) in [7, 11) is 0. The van der Waals surface area contributed by atoms with Gasteiger partial charge in [-0.15, -0.1) is 0 Å². The number of carbonyl (C=O) groups is 1. The third-order valence-corrected chi connectivity index (χ3v) is 1.57. The molecule has 0 amide bonds. The minimum absolute atomic E-state index is 0.149. The van der Waals surface area contributed by atoms with Crippen molar-refractivity contribution in [1.29, 1.82) is 0 Å². The molecule has 0 saturated heterocycles. The summed E-state index contributed by atoms with van der Waals surface area (Å²) in [5.74, 6) is -0.833. The van der Waals surface area contributed by atoms with Crippen LogP contribution >= 0.6 is 0 Å². The van der Waals surface area contributed by atoms with Gasteiger partial charge in [0, 0.05) is 12.6 Å². The number of para-hydroxylation sites is 2. The molecule has 0 aliphatic rings. The van der Waals surface area contributed by atoms with E-state index in [1.165, 1.54) is 6.08 Å². The summed E-state index contributed by atoms with van der Waals surface area (Å²) < 4.78 is 0. The van der Waals surface area contributed by atoms with E-state index in [1.807, 2.05) is 0 Å². The number of aromatic hydroxyl groups is 1. The summed E-state index contributed by atoms with van der Waals surface area (Å²) >= 11 is 0. The van der Waals surface area contributed by atoms with Crippen LogP contribution in [0.5, 0.6) is 5.75 Å². The van der Waals surface area contributed by atoms with Gasteiger partial charge in [0.15, 0.2) is 0 Å². The highest BCUT2D eigenvalue weighted by Crippen LogP contribution is 2.20. The number of aliphatic carboxylic acids is 1. The maximum atomic E-state index is 10.1. The topological polar surface area (TPSA) is 69.6 Å². The lowest BCUT2D eigenvalue weighted by Crippen LogP contribution is -1.99. The van der Waals surface area contributed by atoms with Crippen LogP contribution in [0, 0.1) is 0 Å². The fourth-order valence-electron chi connectivity index (χ4n) is 0.952. The van der Waals surface area contributed by atoms with E-state index in [0.29, 0.717) is 12.2 Å². The second-order valence-corrected chi connectivity index (χ2v) is 2.64. The van der Waals surface area contributed by atoms with Gasteiger partial charge in [-0.05, 0) is 12.1 Å². The molecule has 1 rings (SSSR count). The quantitative estimate of drug-likeness (QED) is 0.500. The maximum Gasteiger partial charge on any atom is 0.328 e. The monoisotopic (exact) mass is 193 g/mol. The van der Waals surface area contributed by atoms with Crippen molar-refractivity contribution in [2.75, 3.05) is 11.9 Å². The van der Waals surface area contributed by atoms with Crippen LogP contribution < -0.4 is 5.32 Å². The van der Waals surface area contributed by atoms with Crippen molar-refractivity contribution in [3.05, 3.63) is 36.4 Å². The summed E-state index contributed by atoms with van der Waals surface area (Å²) in [4.78, 5) is 10.1. The molecule has 14 heavy (non-hydrogen) atoms. The second-order valence-electron chi connectivity index (χ2n) is 2.64. The van der Waals surface area contributed by atoms with Crippen molar-refractivity contribution in [3.63, 3.8) is 0 Å². The lowest BCUT2D eigenvalue weighted by atomic mass is 10.3. The highest BCUT2D eigenvalue weighted by atomic mass is 16.4. The first kappa shape index (κ1) is 10.1. The SMILES string of the molecule is O=C(O)/C=C/CNc1ccccc1O. The molecule has 3 N–H and O–H groups in total. The van der Waals surface area contributed by atoms with Gasteiger partial charge in [-0.2, -0.15) is 0 Å². The Hall–Kier alpha value is -1.97. The number of anilines is 1. The molecule has 0 bridgehead atoms. The van der Waals surface area contributed by atoms with E-state index in [1.54, 1.807) is 24.3 Å². The third kappa shape index (κ3) is 3.18. The van der Waals surface area contributed by atoms with Gasteiger partial charge in [-0.1, -0.05) is 18.2 Å². The molecule has 74 valence electrons. The second kappa shape index (κ2) is 4.91. The average Bonchev–Trinajstić information content (AvgIpc) is 2.15. The van der Waals surface area contributed by atoms with Crippen molar-refractivity contribution in [3.8, 4) is 5.75 Å². The highest BCUT2D eigenvalue weighted by molar-refractivity contribution is 5.79. The zero-order valence-corrected chi connectivity index (χ0v) is 7.47. The number of carboxylic acids is 1. The van der Waals surface area contributed by atoms with Gasteiger partial charge in [0.2, 0.25) is 0 Å². The zero-order chi connectivity index (χ0) is 10.4. The van der Waals surface area contributed by atoms with Gasteiger partial charge in [0.05, 0.1) is 5.69 Å². The van der Waals surface area contributed by atoms with Crippen LogP contribution in [-0.2, 0) is 4.79 Å². The molecule has 4 heteroatoms. The first-order valence-electron chi connectivity index (χ1n) is 4.11. The first-order chi connectivity index (χ1) is 6.70. The van der Waals surface area contributed by atoms with Crippen LogP contribution in [-0.4, -0.2) is 22.7 Å². The smallest absolute Gasteiger partial charge is 0.328 e. The number of phenols is 1. The number of rotatable bonds is 4. The van der Waals surface area contributed by atoms with Crippen molar-refractivity contribution in [2.45, 2.75) is 0 Å². The lowest BCUT2D eigenvalue weighted by Gasteiger charge is -2.04. The molecular formula is C10H11NO3. The molecule has 0 saturated carbocycles. The minimum atomic E-state index is -0.982. The molecule has 0 unspecified atom stereocenters. The van der Waals surface area contributed by atoms with Gasteiger partial charge < -0.3 is 15.5 Å². The molecule has 0 aliphatic heterocycles. The predicted octanol–water partition coefficient (Wildman–Crippen LogP) is 1.44. The third-order valence-electron chi connectivity index (χ3n) is 1.57. The maximum absolute atomic E-state index is 10.1. The standard InChI is InChI=1S/C10H11NO3/c12-9-5-2-1-4-8(9)11-7-3-6-10(13)14/h1-6,11-12H,7H2,(H,13,14)/b6-3+. The molecule has 1 aromatic carbocycles. The Labute approximate surface area is 81.5 Å². The Kier molecular flexibility index (Phi) is 3.55. The Morgan fingerprint density at radius 1 is 1.43 bits per heavy atom. The van der Waals surface area contributed by atoms with Gasteiger partial charge >= 0.3 is 5.97 Å². The molecule has 4 nitrogen and oxygen atoms in total. The summed E-state index contributed by atoms with van der Waals surface area (Å²) in [5, 5.41) is 20.5. The van der Waals surface area contributed by atoms with Gasteiger partial charge in [0.25, 0.3) is 0 Å². The number of hydrogen-bond donors (Lipinski definition) is 3. The Bertz CT molecular complexity index is 347. The van der Waals surface area contributed by atoms with Crippen LogP contribution in [0.4, 0.5) is 5.69 Å². The number of nitrogens with one attached hydrogen (secondary N) is 1. The van der Waals surface area contributed by atoms with E-state index < -0.39 is 5.97 Å². The average molecular weight is 193 g/mol. The molecule has 0 heterocycles. The molecule has 0 aromatic heterocycles. The lowest BCUT2D eigenvalue weighted by molar-refractivity contribution is -0.131. The van der Waals surface area contributed by atoms with Gasteiger partial charge in [-0.25, -0.2) is 4.79 Å². The van der Waals surface area contributed by atoms with E-state index in [9.17, 15) is 9.90 Å². The minimum Gasteiger partial charge on any atom is -0.506 e. The molecule has 0 spiro atoms. The summed E-state index contributed by atoms with van der Waals surface area (Å²) in [6.45, 7) is 0.365. The van der Waals surface area contributed by atoms with E-state index in [2.05, 4.69) is 5.32 Å². The number of benzene rings is 1. The van der Waals surface area contributed by atoms with Crippen LogP contribution in [0.3, 0.4) is 0 Å². The van der Waals surface area contributed by atoms with E-state index >= 15 is 0 Å². The number of carboxylic acid groups (broad SMARTS) is 1. The van der Waals surface area contributed by atoms with E-state index in [0.717, 1.165) is 6.08 Å². The van der Waals surface area contributed by atoms with Gasteiger partial charge in [-0.3, -0.25) is 0 Å². The molecular weight excluding hydrogens is 182 g/mol. The summed E-state index contributed by atoms with van der Waals surface area (Å²) in [5.41, 5.74) is 0.586. The zero-order valence-electron chi connectivity index (χ0n) is 7.47. The molecule has 0 aliphatic carbocycles. The van der Waals surface area contributed by atoms with Crippen LogP contribution in [0.1, 0.15) is 0 Å². The first-order valence-corrected chi connectivity index (χ1v) is 4.11. The summed E-state index contributed by atoms with van der Waals surface area (Å²) in [6, 6.07) is 6.77. The molecule has 0 atom stereocenters. The fourth-order valence-corrected chi connectivity index (χ4v) is 0.952. The summed E-state index contributed by atoms with van der Waals surface area (Å²) in [6.07, 6.45) is 2.52. The number of phenolic OH excluding ortho intramolecular Hbond substituents is 1. The Balaban J connectivity index is 2.46. The van der Waals surface area contributed by atoms with E-state index in [4.69, 9.17) is 5.11 Å². The van der Waals surface area contributed by atoms with Crippen LogP contribution in [0.25, 0.3) is 0 Å². The van der Waals surface area contributed by atoms with Crippen LogP contribution in [0.15, 0.2) is 36.4 Å². The largest absolute Gasteiger partial charge is 0.506 e. The molecule has 0 fully saturated rings.